The molecule has 1 aromatic heterocycles. The number of ether oxygens (including phenoxy) is 1. The summed E-state index contributed by atoms with van der Waals surface area (Å²) in [7, 11) is -1.99. The van der Waals surface area contributed by atoms with Crippen molar-refractivity contribution < 1.29 is 45.3 Å². The molecule has 0 unspecified atom stereocenters. The Labute approximate surface area is 283 Å². The Bertz CT molecular complexity index is 1970. The van der Waals surface area contributed by atoms with E-state index in [1.54, 1.807) is 19.1 Å². The number of alkyl halides is 3. The number of hydrogen-bond donors (Lipinski definition) is 5. The molecule has 13 nitrogen and oxygen atoms in total. The van der Waals surface area contributed by atoms with Crippen molar-refractivity contribution in [2.75, 3.05) is 41.0 Å². The molecule has 0 fully saturated rings. The van der Waals surface area contributed by atoms with Gasteiger partial charge in [0.25, 0.3) is 0 Å². The van der Waals surface area contributed by atoms with E-state index >= 15 is 4.39 Å². The lowest BCUT2D eigenvalue weighted by Gasteiger charge is -2.15. The highest BCUT2D eigenvalue weighted by atomic mass is 32.2. The van der Waals surface area contributed by atoms with Crippen LogP contribution in [0.5, 0.6) is 0 Å². The van der Waals surface area contributed by atoms with Gasteiger partial charge in [-0.1, -0.05) is 23.1 Å². The molecule has 5 N–H and O–H groups in total. The Morgan fingerprint density at radius 3 is 2.30 bits per heavy atom. The number of benzene rings is 3. The minimum atomic E-state index is -4.78. The first-order valence-corrected chi connectivity index (χ1v) is 15.6. The van der Waals surface area contributed by atoms with Crippen molar-refractivity contribution in [3.63, 3.8) is 0 Å². The number of amides is 4. The van der Waals surface area contributed by atoms with Crippen LogP contribution in [0.2, 0.25) is 0 Å². The molecule has 4 aromatic rings. The lowest BCUT2D eigenvalue weighted by molar-refractivity contribution is -0.137. The molecule has 1 heterocycles. The smallest absolute Gasteiger partial charge is 0.416 e. The molecule has 0 bridgehead atoms. The van der Waals surface area contributed by atoms with Crippen LogP contribution < -0.4 is 26.6 Å². The van der Waals surface area contributed by atoms with E-state index in [-0.39, 0.29) is 53.5 Å². The van der Waals surface area contributed by atoms with Gasteiger partial charge in [-0.2, -0.15) is 18.2 Å². The van der Waals surface area contributed by atoms with Gasteiger partial charge in [0.1, 0.15) is 17.5 Å². The molecular weight excluding hydrogens is 691 g/mol. The molecule has 0 atom stereocenters. The zero-order chi connectivity index (χ0) is 36.4. The second kappa shape index (κ2) is 16.5. The third kappa shape index (κ3) is 10.3. The fraction of sp³-hybridized carbons (Fsp3) is 0.194. The van der Waals surface area contributed by atoms with Crippen LogP contribution in [0, 0.1) is 11.6 Å². The topological polar surface area (TPSA) is 176 Å². The van der Waals surface area contributed by atoms with Crippen molar-refractivity contribution in [3.05, 3.63) is 84.1 Å². The molecule has 4 rings (SSSR count). The van der Waals surface area contributed by atoms with E-state index in [9.17, 15) is 36.2 Å². The summed E-state index contributed by atoms with van der Waals surface area (Å²) in [6, 6.07) is 9.96. The number of aromatic nitrogens is 2. The summed E-state index contributed by atoms with van der Waals surface area (Å²) < 4.78 is 88.7. The number of hydrogen-bond acceptors (Lipinski definition) is 10. The number of carbonyl (C=O) groups is 3. The average molecular weight is 720 g/mol. The molecule has 0 saturated heterocycles. The van der Waals surface area contributed by atoms with Gasteiger partial charge >= 0.3 is 18.3 Å². The highest BCUT2D eigenvalue weighted by Gasteiger charge is 2.31. The molecule has 19 heteroatoms. The molecule has 264 valence electrons. The van der Waals surface area contributed by atoms with Crippen LogP contribution in [-0.4, -0.2) is 47.7 Å². The van der Waals surface area contributed by atoms with Gasteiger partial charge in [-0.3, -0.25) is 9.16 Å². The molecule has 0 aliphatic rings. The van der Waals surface area contributed by atoms with E-state index in [2.05, 4.69) is 40.3 Å². The molecule has 4 amide bonds. The lowest BCUT2D eigenvalue weighted by Crippen LogP contribution is -2.26. The molecule has 0 spiro atoms. The average Bonchev–Trinajstić information content (AvgIpc) is 3.05. The fourth-order valence-corrected chi connectivity index (χ4v) is 4.78. The van der Waals surface area contributed by atoms with Crippen LogP contribution >= 0.6 is 0 Å². The van der Waals surface area contributed by atoms with Crippen molar-refractivity contribution in [2.24, 2.45) is 4.36 Å². The standard InChI is InChI=1S/C31H28F5N8O5S/c1-3-49-30(47)44-50(48)21-8-6-20(7-9-21)40-28-39-16-22(27(43-28)38-13-12-37-17(2)45)18-4-11-25(24(33)14-18)41-29(46)42-26-15-19(31(34,35)36)5-10-23(26)32/h4-11,14-16H,3,12-13H2,1-2H3,(H,37,45)(H2,41,42,46)(H2,38,39,40,43)/q-1. The van der Waals surface area contributed by atoms with Crippen LogP contribution in [0.25, 0.3) is 11.1 Å². The highest BCUT2D eigenvalue weighted by Crippen LogP contribution is 2.33. The van der Waals surface area contributed by atoms with E-state index in [0.717, 1.165) is 6.07 Å². The summed E-state index contributed by atoms with van der Waals surface area (Å²) in [6.45, 7) is 3.45. The van der Waals surface area contributed by atoms with Crippen LogP contribution in [0.1, 0.15) is 19.4 Å². The quantitative estimate of drug-likeness (QED) is 0.0619. The highest BCUT2D eigenvalue weighted by molar-refractivity contribution is 7.75. The minimum Gasteiger partial charge on any atom is -0.450 e. The zero-order valence-corrected chi connectivity index (χ0v) is 27.0. The normalized spacial score (nSPS) is 11.7. The lowest BCUT2D eigenvalue weighted by atomic mass is 10.1. The first-order valence-electron chi connectivity index (χ1n) is 14.5. The maximum Gasteiger partial charge on any atom is 0.416 e. The summed E-state index contributed by atoms with van der Waals surface area (Å²) >= 11 is 0. The number of halogens is 5. The van der Waals surface area contributed by atoms with E-state index in [1.165, 1.54) is 37.4 Å². The monoisotopic (exact) mass is 719 g/mol. The predicted molar refractivity (Wildman–Crippen MR) is 174 cm³/mol. The molecular formula is C31H28F5N8O5S-. The first kappa shape index (κ1) is 37.0. The number of nitrogens with one attached hydrogen (secondary N) is 5. The Kier molecular flexibility index (Phi) is 12.2. The second-order valence-electron chi connectivity index (χ2n) is 10.0. The number of nitrogens with zero attached hydrogens (tertiary/aromatic N) is 3. The predicted octanol–water partition coefficient (Wildman–Crippen LogP) is 7.04. The van der Waals surface area contributed by atoms with Crippen LogP contribution in [0.4, 0.5) is 60.4 Å². The third-order valence-electron chi connectivity index (χ3n) is 6.39. The summed E-state index contributed by atoms with van der Waals surface area (Å²) in [4.78, 5) is 44.2. The van der Waals surface area contributed by atoms with Gasteiger partial charge in [-0.05, 0) is 55.0 Å². The van der Waals surface area contributed by atoms with Gasteiger partial charge in [0.15, 0.2) is 0 Å². The Balaban J connectivity index is 1.53. The minimum absolute atomic E-state index is 0.0831. The van der Waals surface area contributed by atoms with Gasteiger partial charge in [-0.15, -0.1) is 10.6 Å². The molecule has 50 heavy (non-hydrogen) atoms. The van der Waals surface area contributed by atoms with Crippen LogP contribution in [0.15, 0.2) is 76.1 Å². The van der Waals surface area contributed by atoms with Crippen molar-refractivity contribution >= 4 is 57.5 Å². The van der Waals surface area contributed by atoms with Crippen molar-refractivity contribution in [2.45, 2.75) is 24.9 Å². The van der Waals surface area contributed by atoms with Crippen molar-refractivity contribution in [1.29, 1.82) is 0 Å². The fourth-order valence-electron chi connectivity index (χ4n) is 4.12. The molecule has 0 saturated carbocycles. The molecule has 0 radical (unpaired) electrons. The van der Waals surface area contributed by atoms with Gasteiger partial charge in [0.05, 0.1) is 23.5 Å². The number of carbonyl (C=O) groups excluding carboxylic acids is 3. The van der Waals surface area contributed by atoms with E-state index in [0.29, 0.717) is 29.4 Å². The van der Waals surface area contributed by atoms with Crippen molar-refractivity contribution in [3.8, 4) is 11.1 Å². The summed E-state index contributed by atoms with van der Waals surface area (Å²) in [5.74, 6) is -2.02. The largest absolute Gasteiger partial charge is 0.450 e. The van der Waals surface area contributed by atoms with E-state index in [1.807, 2.05) is 5.32 Å². The maximum absolute atomic E-state index is 15.2. The van der Waals surface area contributed by atoms with E-state index < -0.39 is 51.8 Å². The van der Waals surface area contributed by atoms with Gasteiger partial charge in [-0.25, -0.2) is 23.4 Å². The Hall–Kier alpha value is -5.85. The third-order valence-corrected chi connectivity index (χ3v) is 7.38. The number of anilines is 5. The number of urea groups is 1. The maximum atomic E-state index is 15.2. The van der Waals surface area contributed by atoms with Gasteiger partial charge in [0.2, 0.25) is 11.9 Å². The number of rotatable bonds is 11. The van der Waals surface area contributed by atoms with Crippen LogP contribution in [-0.2, 0) is 30.5 Å². The Morgan fingerprint density at radius 1 is 0.920 bits per heavy atom. The molecule has 3 aromatic carbocycles. The van der Waals surface area contributed by atoms with Gasteiger partial charge < -0.3 is 35.5 Å². The zero-order valence-electron chi connectivity index (χ0n) is 26.2. The summed E-state index contributed by atoms with van der Waals surface area (Å²) in [5, 5.41) is 12.7. The second-order valence-corrected chi connectivity index (χ2v) is 11.2. The van der Waals surface area contributed by atoms with Crippen molar-refractivity contribution in [1.82, 2.24) is 15.3 Å². The summed E-state index contributed by atoms with van der Waals surface area (Å²) in [6.07, 6.45) is -4.36. The first-order chi connectivity index (χ1) is 23.7. The summed E-state index contributed by atoms with van der Waals surface area (Å²) in [5.41, 5.74) is -1.27. The SMILES string of the molecule is CCOC(=O)N=[S-](=O)c1ccc(Nc2ncc(-c3ccc(NC(=O)Nc4cc(C(F)(F)F)ccc4F)c(F)c3)c(NCCNC(C)=O)n2)cc1. The Morgan fingerprint density at radius 2 is 1.64 bits per heavy atom. The van der Waals surface area contributed by atoms with Gasteiger partial charge in [0, 0.05) is 37.5 Å². The molecule has 0 aliphatic heterocycles. The van der Waals surface area contributed by atoms with E-state index in [4.69, 9.17) is 0 Å². The van der Waals surface area contributed by atoms with Crippen LogP contribution in [0.3, 0.4) is 0 Å². The molecule has 0 aliphatic carbocycles.